The maximum Gasteiger partial charge on any atom is 0.335 e. The lowest BCUT2D eigenvalue weighted by molar-refractivity contribution is -0.156. The van der Waals surface area contributed by atoms with Crippen molar-refractivity contribution in [2.45, 2.75) is 103 Å². The van der Waals surface area contributed by atoms with Gasteiger partial charge in [-0.25, -0.2) is 4.79 Å². The molecule has 2 atom stereocenters. The molecule has 3 heteroatoms. The van der Waals surface area contributed by atoms with Crippen LogP contribution in [0.15, 0.2) is 30.3 Å². The molecule has 0 N–H and O–H groups in total. The average Bonchev–Trinajstić information content (AvgIpc) is 2.75. The monoisotopic (exact) mass is 404 g/mol. The summed E-state index contributed by atoms with van der Waals surface area (Å²) in [5.74, 6) is 0.258. The second kappa shape index (κ2) is 17.5. The number of esters is 1. The van der Waals surface area contributed by atoms with E-state index < -0.39 is 6.10 Å². The highest BCUT2D eigenvalue weighted by Gasteiger charge is 2.21. The molecule has 29 heavy (non-hydrogen) atoms. The zero-order valence-electron chi connectivity index (χ0n) is 19.2. The van der Waals surface area contributed by atoms with Crippen LogP contribution in [0.4, 0.5) is 0 Å². The first-order valence-corrected chi connectivity index (χ1v) is 11.9. The summed E-state index contributed by atoms with van der Waals surface area (Å²) in [7, 11) is 1.59. The first-order chi connectivity index (χ1) is 14.2. The molecule has 1 rings (SSSR count). The average molecular weight is 405 g/mol. The third-order valence-corrected chi connectivity index (χ3v) is 5.70. The zero-order chi connectivity index (χ0) is 21.2. The fourth-order valence-corrected chi connectivity index (χ4v) is 3.77. The highest BCUT2D eigenvalue weighted by Crippen LogP contribution is 2.20. The SMILES string of the molecule is CCCCCCCCC(CCCCCC)COC(=O)C(Cc1ccccc1)OC. The molecule has 0 aromatic heterocycles. The fraction of sp³-hybridized carbons (Fsp3) is 0.731. The molecule has 0 heterocycles. The predicted molar refractivity (Wildman–Crippen MR) is 122 cm³/mol. The summed E-state index contributed by atoms with van der Waals surface area (Å²) in [5, 5.41) is 0. The van der Waals surface area contributed by atoms with Gasteiger partial charge in [0.2, 0.25) is 0 Å². The third kappa shape index (κ3) is 12.7. The van der Waals surface area contributed by atoms with Gasteiger partial charge in [-0.05, 0) is 24.3 Å². The molecule has 0 aliphatic carbocycles. The van der Waals surface area contributed by atoms with E-state index in [9.17, 15) is 4.79 Å². The highest BCUT2D eigenvalue weighted by atomic mass is 16.6. The first-order valence-electron chi connectivity index (χ1n) is 11.9. The van der Waals surface area contributed by atoms with Crippen LogP contribution in [-0.4, -0.2) is 25.8 Å². The maximum atomic E-state index is 12.6. The molecule has 2 unspecified atom stereocenters. The molecule has 0 bridgehead atoms. The first kappa shape index (κ1) is 25.7. The van der Waals surface area contributed by atoms with Gasteiger partial charge >= 0.3 is 5.97 Å². The number of carbonyl (C=O) groups excluding carboxylic acids is 1. The van der Waals surface area contributed by atoms with Crippen molar-refractivity contribution in [3.8, 4) is 0 Å². The number of methoxy groups -OCH3 is 1. The zero-order valence-corrected chi connectivity index (χ0v) is 19.2. The predicted octanol–water partition coefficient (Wildman–Crippen LogP) is 7.12. The summed E-state index contributed by atoms with van der Waals surface area (Å²) in [4.78, 5) is 12.6. The van der Waals surface area contributed by atoms with Crippen molar-refractivity contribution < 1.29 is 14.3 Å². The molecule has 166 valence electrons. The van der Waals surface area contributed by atoms with Gasteiger partial charge in [-0.1, -0.05) is 108 Å². The summed E-state index contributed by atoms with van der Waals surface area (Å²) in [6, 6.07) is 10.00. The maximum absolute atomic E-state index is 12.6. The number of benzene rings is 1. The van der Waals surface area contributed by atoms with E-state index in [-0.39, 0.29) is 5.97 Å². The Kier molecular flexibility index (Phi) is 15.5. The van der Waals surface area contributed by atoms with Crippen molar-refractivity contribution in [2.24, 2.45) is 5.92 Å². The summed E-state index contributed by atoms with van der Waals surface area (Å²) < 4.78 is 11.1. The Bertz CT molecular complexity index is 500. The lowest BCUT2D eigenvalue weighted by Crippen LogP contribution is -2.29. The van der Waals surface area contributed by atoms with E-state index in [4.69, 9.17) is 9.47 Å². The smallest absolute Gasteiger partial charge is 0.335 e. The molecule has 1 aromatic rings. The molecule has 0 saturated carbocycles. The van der Waals surface area contributed by atoms with Gasteiger partial charge in [-0.2, -0.15) is 0 Å². The number of rotatable bonds is 18. The summed E-state index contributed by atoms with van der Waals surface area (Å²) in [5.41, 5.74) is 1.10. The van der Waals surface area contributed by atoms with Crippen LogP contribution in [0.1, 0.15) is 96.5 Å². The van der Waals surface area contributed by atoms with E-state index in [2.05, 4.69) is 13.8 Å². The molecule has 1 aromatic carbocycles. The minimum Gasteiger partial charge on any atom is -0.463 e. The quantitative estimate of drug-likeness (QED) is 0.193. The molecule has 0 fully saturated rings. The van der Waals surface area contributed by atoms with Gasteiger partial charge in [-0.15, -0.1) is 0 Å². The Balaban J connectivity index is 2.42. The molecule has 0 aliphatic rings. The van der Waals surface area contributed by atoms with Crippen molar-refractivity contribution in [1.29, 1.82) is 0 Å². The molecular formula is C26H44O3. The van der Waals surface area contributed by atoms with Crippen LogP contribution in [0.5, 0.6) is 0 Å². The van der Waals surface area contributed by atoms with Gasteiger partial charge in [0, 0.05) is 13.5 Å². The van der Waals surface area contributed by atoms with Gasteiger partial charge in [-0.3, -0.25) is 0 Å². The standard InChI is InChI=1S/C26H44O3/c1-4-6-8-10-11-14-20-24(19-13-9-7-5-2)22-29-26(27)25(28-3)21-23-17-15-12-16-18-23/h12,15-18,24-25H,4-11,13-14,19-22H2,1-3H3. The van der Waals surface area contributed by atoms with Crippen LogP contribution in [0.25, 0.3) is 0 Å². The Hall–Kier alpha value is -1.35. The van der Waals surface area contributed by atoms with Crippen LogP contribution in [0.3, 0.4) is 0 Å². The van der Waals surface area contributed by atoms with Crippen LogP contribution < -0.4 is 0 Å². The van der Waals surface area contributed by atoms with E-state index in [1.54, 1.807) is 7.11 Å². The lowest BCUT2D eigenvalue weighted by atomic mass is 9.95. The van der Waals surface area contributed by atoms with E-state index in [0.717, 1.165) is 5.56 Å². The van der Waals surface area contributed by atoms with Crippen molar-refractivity contribution in [1.82, 2.24) is 0 Å². The van der Waals surface area contributed by atoms with Gasteiger partial charge < -0.3 is 9.47 Å². The number of unbranched alkanes of at least 4 members (excludes halogenated alkanes) is 8. The highest BCUT2D eigenvalue weighted by molar-refractivity contribution is 5.75. The minimum atomic E-state index is -0.521. The Labute approximate surface area is 179 Å². The second-order valence-electron chi connectivity index (χ2n) is 8.32. The molecule has 0 amide bonds. The second-order valence-corrected chi connectivity index (χ2v) is 8.32. The molecule has 0 saturated heterocycles. The fourth-order valence-electron chi connectivity index (χ4n) is 3.77. The van der Waals surface area contributed by atoms with Gasteiger partial charge in [0.25, 0.3) is 0 Å². The van der Waals surface area contributed by atoms with Crippen molar-refractivity contribution in [2.75, 3.05) is 13.7 Å². The normalized spacial score (nSPS) is 13.2. The Morgan fingerprint density at radius 1 is 0.828 bits per heavy atom. The molecule has 0 aliphatic heterocycles. The number of carbonyl (C=O) groups is 1. The Morgan fingerprint density at radius 2 is 1.38 bits per heavy atom. The molecule has 3 nitrogen and oxygen atoms in total. The van der Waals surface area contributed by atoms with Crippen molar-refractivity contribution in [3.63, 3.8) is 0 Å². The van der Waals surface area contributed by atoms with E-state index >= 15 is 0 Å². The van der Waals surface area contributed by atoms with E-state index in [1.165, 1.54) is 77.0 Å². The molecule has 0 spiro atoms. The number of hydrogen-bond donors (Lipinski definition) is 0. The number of hydrogen-bond acceptors (Lipinski definition) is 3. The molecule has 0 radical (unpaired) electrons. The summed E-state index contributed by atoms with van der Waals surface area (Å²) >= 11 is 0. The van der Waals surface area contributed by atoms with Crippen molar-refractivity contribution >= 4 is 5.97 Å². The van der Waals surface area contributed by atoms with Gasteiger partial charge in [0.1, 0.15) is 0 Å². The van der Waals surface area contributed by atoms with E-state index in [1.807, 2.05) is 30.3 Å². The lowest BCUT2D eigenvalue weighted by Gasteiger charge is -2.20. The van der Waals surface area contributed by atoms with Crippen LogP contribution in [0.2, 0.25) is 0 Å². The van der Waals surface area contributed by atoms with Crippen LogP contribution in [-0.2, 0) is 20.7 Å². The largest absolute Gasteiger partial charge is 0.463 e. The third-order valence-electron chi connectivity index (χ3n) is 5.70. The summed E-state index contributed by atoms with van der Waals surface area (Å²) in [6.07, 6.45) is 15.3. The van der Waals surface area contributed by atoms with Crippen molar-refractivity contribution in [3.05, 3.63) is 35.9 Å². The summed E-state index contributed by atoms with van der Waals surface area (Å²) in [6.45, 7) is 5.04. The Morgan fingerprint density at radius 3 is 1.97 bits per heavy atom. The van der Waals surface area contributed by atoms with Crippen LogP contribution >= 0.6 is 0 Å². The van der Waals surface area contributed by atoms with Crippen LogP contribution in [0, 0.1) is 5.92 Å². The topological polar surface area (TPSA) is 35.5 Å². The molecular weight excluding hydrogens is 360 g/mol. The van der Waals surface area contributed by atoms with Gasteiger partial charge in [0.05, 0.1) is 6.61 Å². The number of ether oxygens (including phenoxy) is 2. The minimum absolute atomic E-state index is 0.224. The van der Waals surface area contributed by atoms with E-state index in [0.29, 0.717) is 18.9 Å². The van der Waals surface area contributed by atoms with Gasteiger partial charge in [0.15, 0.2) is 6.10 Å².